The number of rotatable bonds is 5. The van der Waals surface area contributed by atoms with E-state index in [1.165, 1.54) is 6.07 Å². The van der Waals surface area contributed by atoms with Gasteiger partial charge in [-0.05, 0) is 65.6 Å². The van der Waals surface area contributed by atoms with Crippen LogP contribution in [0.1, 0.15) is 46.6 Å². The number of aromatic nitrogens is 1. The number of hydrogen-bond acceptors (Lipinski definition) is 2. The van der Waals surface area contributed by atoms with Gasteiger partial charge in [-0.1, -0.05) is 81.4 Å². The van der Waals surface area contributed by atoms with Crippen molar-refractivity contribution in [2.24, 2.45) is 12.5 Å². The maximum atomic E-state index is 15.8. The third-order valence-electron chi connectivity index (χ3n) is 7.69. The van der Waals surface area contributed by atoms with Gasteiger partial charge in [-0.2, -0.15) is 5.26 Å². The number of pyridine rings is 1. The van der Waals surface area contributed by atoms with Crippen LogP contribution in [0.2, 0.25) is 0 Å². The lowest BCUT2D eigenvalue weighted by Crippen LogP contribution is -2.32. The lowest BCUT2D eigenvalue weighted by molar-refractivity contribution is -0.661. The molecule has 4 aromatic carbocycles. The second kappa shape index (κ2) is 10.6. The molecule has 0 aliphatic rings. The third kappa shape index (κ3) is 4.97. The average molecular weight is 556 g/mol. The van der Waals surface area contributed by atoms with Crippen molar-refractivity contribution in [1.82, 2.24) is 0 Å². The molecule has 208 valence electrons. The highest BCUT2D eigenvalue weighted by Crippen LogP contribution is 2.42. The van der Waals surface area contributed by atoms with Crippen molar-refractivity contribution in [2.75, 3.05) is 0 Å². The summed E-state index contributed by atoms with van der Waals surface area (Å²) < 4.78 is 41.6. The Kier molecular flexibility index (Phi) is 6.30. The molecule has 6 rings (SSSR count). The highest BCUT2D eigenvalue weighted by molar-refractivity contribution is 6.14. The van der Waals surface area contributed by atoms with Crippen LogP contribution in [-0.2, 0) is 13.4 Å². The minimum atomic E-state index is -1.84. The molecule has 0 N–H and O–H groups in total. The summed E-state index contributed by atoms with van der Waals surface area (Å²) in [5, 5.41) is 11.9. The van der Waals surface area contributed by atoms with Crippen molar-refractivity contribution in [3.63, 3.8) is 0 Å². The Morgan fingerprint density at radius 1 is 0.857 bits per heavy atom. The smallest absolute Gasteiger partial charge is 0.219 e. The first-order valence-electron chi connectivity index (χ1n) is 15.1. The molecule has 0 aliphatic heterocycles. The Morgan fingerprint density at radius 2 is 1.52 bits per heavy atom. The normalized spacial score (nSPS) is 12.8. The summed E-state index contributed by atoms with van der Waals surface area (Å²) in [4.78, 5) is 0. The standard InChI is InChI=1S/C38H34FN2O/c1-24-14-16-30-31-17-15-28(22-40)35(27-13-9-12-26(20-27)25-10-7-6-8-11-25)37(31)42-36(30)34(24)33-21-32(39)29(23-41(33)5)18-19-38(2,3)4/h6-17,20-21,23H,18-19H2,1-5H3/q+1/i18D2. The van der Waals surface area contributed by atoms with E-state index in [0.29, 0.717) is 28.0 Å². The monoisotopic (exact) mass is 555 g/mol. The van der Waals surface area contributed by atoms with Gasteiger partial charge in [0.15, 0.2) is 6.20 Å². The van der Waals surface area contributed by atoms with E-state index in [2.05, 4.69) is 24.3 Å². The van der Waals surface area contributed by atoms with E-state index in [1.54, 1.807) is 17.8 Å². The van der Waals surface area contributed by atoms with Crippen LogP contribution in [-0.4, -0.2) is 0 Å². The maximum absolute atomic E-state index is 15.8. The summed E-state index contributed by atoms with van der Waals surface area (Å²) in [7, 11) is 1.81. The van der Waals surface area contributed by atoms with Gasteiger partial charge in [-0.15, -0.1) is 0 Å². The van der Waals surface area contributed by atoms with Crippen molar-refractivity contribution in [3.8, 4) is 39.6 Å². The molecule has 2 heterocycles. The summed E-state index contributed by atoms with van der Waals surface area (Å²) in [6.07, 6.45) is -0.0918. The van der Waals surface area contributed by atoms with Crippen LogP contribution in [0.5, 0.6) is 0 Å². The van der Waals surface area contributed by atoms with Crippen molar-refractivity contribution >= 4 is 21.9 Å². The molecule has 0 amide bonds. The lowest BCUT2D eigenvalue weighted by Gasteiger charge is -2.17. The predicted molar refractivity (Wildman–Crippen MR) is 168 cm³/mol. The van der Waals surface area contributed by atoms with Crippen molar-refractivity contribution in [2.45, 2.75) is 40.5 Å². The quantitative estimate of drug-likeness (QED) is 0.199. The van der Waals surface area contributed by atoms with Crippen LogP contribution in [0, 0.1) is 29.5 Å². The maximum Gasteiger partial charge on any atom is 0.219 e. The number of fused-ring (bicyclic) bond motifs is 3. The van der Waals surface area contributed by atoms with E-state index < -0.39 is 12.2 Å². The Bertz CT molecular complexity index is 2100. The fourth-order valence-electron chi connectivity index (χ4n) is 5.55. The second-order valence-electron chi connectivity index (χ2n) is 12.1. The van der Waals surface area contributed by atoms with E-state index in [9.17, 15) is 5.26 Å². The Balaban J connectivity index is 1.57. The van der Waals surface area contributed by atoms with Gasteiger partial charge >= 0.3 is 0 Å². The molecule has 3 nitrogen and oxygen atoms in total. The Morgan fingerprint density at radius 3 is 2.24 bits per heavy atom. The molecule has 0 unspecified atom stereocenters. The number of hydrogen-bond donors (Lipinski definition) is 0. The molecule has 0 saturated carbocycles. The highest BCUT2D eigenvalue weighted by Gasteiger charge is 2.25. The molecular weight excluding hydrogens is 519 g/mol. The first-order chi connectivity index (χ1) is 20.9. The molecule has 4 heteroatoms. The summed E-state index contributed by atoms with van der Waals surface area (Å²) >= 11 is 0. The van der Waals surface area contributed by atoms with E-state index in [1.807, 2.05) is 88.4 Å². The zero-order chi connectivity index (χ0) is 31.4. The van der Waals surface area contributed by atoms with Crippen molar-refractivity contribution < 1.29 is 16.1 Å². The van der Waals surface area contributed by atoms with Gasteiger partial charge in [0.2, 0.25) is 5.69 Å². The minimum absolute atomic E-state index is 0.0346. The van der Waals surface area contributed by atoms with Gasteiger partial charge in [-0.3, -0.25) is 0 Å². The van der Waals surface area contributed by atoms with Crippen molar-refractivity contribution in [3.05, 3.63) is 114 Å². The summed E-state index contributed by atoms with van der Waals surface area (Å²) in [6, 6.07) is 29.7. The zero-order valence-electron chi connectivity index (χ0n) is 26.5. The van der Waals surface area contributed by atoms with Crippen LogP contribution in [0.4, 0.5) is 4.39 Å². The SMILES string of the molecule is [2H]C([2H])(CC(C)(C)C)c1c[n+](C)c(-c2c(C)ccc3c2oc2c(-c4cccc(-c5ccccc5)c4)c(C#N)ccc23)cc1F. The van der Waals surface area contributed by atoms with Crippen LogP contribution in [0.25, 0.3) is 55.4 Å². The van der Waals surface area contributed by atoms with Gasteiger partial charge < -0.3 is 4.42 Å². The summed E-state index contributed by atoms with van der Waals surface area (Å²) in [5.41, 5.74) is 7.30. The van der Waals surface area contributed by atoms with Gasteiger partial charge in [0, 0.05) is 25.1 Å². The largest absolute Gasteiger partial charge is 0.454 e. The number of benzene rings is 4. The minimum Gasteiger partial charge on any atom is -0.454 e. The zero-order valence-corrected chi connectivity index (χ0v) is 24.5. The van der Waals surface area contributed by atoms with E-state index in [0.717, 1.165) is 38.6 Å². The van der Waals surface area contributed by atoms with E-state index in [4.69, 9.17) is 7.16 Å². The van der Waals surface area contributed by atoms with Gasteiger partial charge in [0.05, 0.1) is 22.8 Å². The number of furan rings is 1. The first kappa shape index (κ1) is 25.0. The van der Waals surface area contributed by atoms with Gasteiger partial charge in [0.25, 0.3) is 0 Å². The molecule has 2 aromatic heterocycles. The number of halogens is 1. The Hall–Kier alpha value is -4.75. The van der Waals surface area contributed by atoms with E-state index >= 15 is 4.39 Å². The second-order valence-corrected chi connectivity index (χ2v) is 12.1. The van der Waals surface area contributed by atoms with Crippen LogP contribution < -0.4 is 4.57 Å². The van der Waals surface area contributed by atoms with Crippen LogP contribution in [0.3, 0.4) is 0 Å². The summed E-state index contributed by atoms with van der Waals surface area (Å²) in [6.45, 7) is 7.81. The highest BCUT2D eigenvalue weighted by atomic mass is 19.1. The fraction of sp³-hybridized carbons (Fsp3) is 0.211. The molecule has 0 radical (unpaired) electrons. The number of nitrogens with zero attached hydrogens (tertiary/aromatic N) is 2. The molecule has 0 fully saturated rings. The predicted octanol–water partition coefficient (Wildman–Crippen LogP) is 9.71. The van der Waals surface area contributed by atoms with Crippen LogP contribution in [0.15, 0.2) is 95.5 Å². The van der Waals surface area contributed by atoms with Gasteiger partial charge in [0.1, 0.15) is 24.0 Å². The number of aryl methyl sites for hydroxylation is 3. The van der Waals surface area contributed by atoms with E-state index in [-0.39, 0.29) is 17.4 Å². The summed E-state index contributed by atoms with van der Waals surface area (Å²) in [5.74, 6) is -0.593. The topological polar surface area (TPSA) is 40.8 Å². The third-order valence-corrected chi connectivity index (χ3v) is 7.69. The Labute approximate surface area is 249 Å². The molecule has 0 bridgehead atoms. The van der Waals surface area contributed by atoms with Crippen LogP contribution >= 0.6 is 0 Å². The lowest BCUT2D eigenvalue weighted by atomic mass is 9.89. The molecule has 0 saturated heterocycles. The molecule has 0 aliphatic carbocycles. The fourth-order valence-corrected chi connectivity index (χ4v) is 5.55. The molecule has 42 heavy (non-hydrogen) atoms. The molecule has 6 aromatic rings. The average Bonchev–Trinajstić information content (AvgIpc) is 3.35. The number of nitriles is 1. The van der Waals surface area contributed by atoms with Crippen molar-refractivity contribution in [1.29, 1.82) is 5.26 Å². The van der Waals surface area contributed by atoms with Gasteiger partial charge in [-0.25, -0.2) is 8.96 Å². The molecular formula is C38H34FN2O+. The first-order valence-corrected chi connectivity index (χ1v) is 14.1. The molecule has 0 spiro atoms. The molecule has 0 atom stereocenters.